The van der Waals surface area contributed by atoms with E-state index in [1.165, 1.54) is 0 Å². The van der Waals surface area contributed by atoms with Gasteiger partial charge in [0.2, 0.25) is 0 Å². The van der Waals surface area contributed by atoms with Crippen molar-refractivity contribution in [3.8, 4) is 11.3 Å². The zero-order chi connectivity index (χ0) is 20.8. The standard InChI is InChI=1S/C22H23N5O3/c1-13-10-17(15(3)29-13)19-11-18(20-14(2)25-30-21(20)24-19)22(28)26-7-4-16(5-8-26)27-9-6-23-12-27/h6,9-12,16H,4-5,7-8H2,1-3H3. The average Bonchev–Trinajstić information content (AvgIpc) is 3.48. The van der Waals surface area contributed by atoms with Crippen molar-refractivity contribution < 1.29 is 13.7 Å². The van der Waals surface area contributed by atoms with E-state index < -0.39 is 0 Å². The quantitative estimate of drug-likeness (QED) is 0.510. The van der Waals surface area contributed by atoms with Crippen LogP contribution in [0, 0.1) is 20.8 Å². The number of fused-ring (bicyclic) bond motifs is 1. The molecule has 0 spiro atoms. The van der Waals surface area contributed by atoms with Gasteiger partial charge in [0.15, 0.2) is 0 Å². The van der Waals surface area contributed by atoms with Crippen LogP contribution >= 0.6 is 0 Å². The maximum Gasteiger partial charge on any atom is 0.259 e. The van der Waals surface area contributed by atoms with Crippen molar-refractivity contribution in [3.05, 3.63) is 53.6 Å². The first kappa shape index (κ1) is 18.6. The summed E-state index contributed by atoms with van der Waals surface area (Å²) in [6, 6.07) is 4.14. The van der Waals surface area contributed by atoms with Gasteiger partial charge in [-0.1, -0.05) is 5.16 Å². The fourth-order valence-electron chi connectivity index (χ4n) is 4.31. The minimum atomic E-state index is -0.0168. The molecule has 1 aliphatic heterocycles. The second-order valence-corrected chi connectivity index (χ2v) is 7.86. The summed E-state index contributed by atoms with van der Waals surface area (Å²) in [6.45, 7) is 7.00. The first-order chi connectivity index (χ1) is 14.5. The number of imidazole rings is 1. The largest absolute Gasteiger partial charge is 0.466 e. The van der Waals surface area contributed by atoms with Crippen molar-refractivity contribution in [2.45, 2.75) is 39.7 Å². The topological polar surface area (TPSA) is 90.2 Å². The van der Waals surface area contributed by atoms with Gasteiger partial charge in [0.25, 0.3) is 11.6 Å². The van der Waals surface area contributed by atoms with Crippen molar-refractivity contribution in [3.63, 3.8) is 0 Å². The Morgan fingerprint density at radius 2 is 1.97 bits per heavy atom. The summed E-state index contributed by atoms with van der Waals surface area (Å²) >= 11 is 0. The Morgan fingerprint density at radius 1 is 1.17 bits per heavy atom. The number of carbonyl (C=O) groups is 1. The van der Waals surface area contributed by atoms with E-state index in [0.29, 0.717) is 47.2 Å². The smallest absolute Gasteiger partial charge is 0.259 e. The number of aryl methyl sites for hydroxylation is 3. The lowest BCUT2D eigenvalue weighted by Gasteiger charge is -2.32. The van der Waals surface area contributed by atoms with Crippen LogP contribution in [0.5, 0.6) is 0 Å². The van der Waals surface area contributed by atoms with Gasteiger partial charge < -0.3 is 18.4 Å². The lowest BCUT2D eigenvalue weighted by molar-refractivity contribution is 0.0696. The van der Waals surface area contributed by atoms with E-state index in [2.05, 4.69) is 19.7 Å². The molecule has 0 unspecified atom stereocenters. The highest BCUT2D eigenvalue weighted by Crippen LogP contribution is 2.32. The van der Waals surface area contributed by atoms with E-state index >= 15 is 0 Å². The predicted molar refractivity (Wildman–Crippen MR) is 110 cm³/mol. The predicted octanol–water partition coefficient (Wildman–Crippen LogP) is 4.08. The molecule has 8 heteroatoms. The third kappa shape index (κ3) is 3.08. The highest BCUT2D eigenvalue weighted by atomic mass is 16.5. The number of rotatable bonds is 3. The lowest BCUT2D eigenvalue weighted by atomic mass is 10.0. The van der Waals surface area contributed by atoms with Crippen LogP contribution in [0.3, 0.4) is 0 Å². The molecule has 1 saturated heterocycles. The molecule has 5 rings (SSSR count). The summed E-state index contributed by atoms with van der Waals surface area (Å²) in [5.41, 5.74) is 3.13. The second kappa shape index (κ2) is 7.12. The molecule has 8 nitrogen and oxygen atoms in total. The van der Waals surface area contributed by atoms with Crippen LogP contribution in [-0.2, 0) is 0 Å². The highest BCUT2D eigenvalue weighted by Gasteiger charge is 2.28. The molecule has 0 atom stereocenters. The minimum absolute atomic E-state index is 0.0168. The number of likely N-dealkylation sites (tertiary alicyclic amines) is 1. The Labute approximate surface area is 173 Å². The fraction of sp³-hybridized carbons (Fsp3) is 0.364. The van der Waals surface area contributed by atoms with Crippen LogP contribution in [0.15, 0.2) is 39.8 Å². The Hall–Kier alpha value is -3.42. The van der Waals surface area contributed by atoms with Gasteiger partial charge in [0, 0.05) is 37.1 Å². The van der Waals surface area contributed by atoms with Crippen molar-refractivity contribution >= 4 is 17.0 Å². The molecule has 4 aromatic heterocycles. The number of nitrogens with zero attached hydrogens (tertiary/aromatic N) is 5. The number of carbonyl (C=O) groups excluding carboxylic acids is 1. The first-order valence-electron chi connectivity index (χ1n) is 10.1. The van der Waals surface area contributed by atoms with Gasteiger partial charge in [0.05, 0.1) is 28.7 Å². The summed E-state index contributed by atoms with van der Waals surface area (Å²) in [7, 11) is 0. The summed E-state index contributed by atoms with van der Waals surface area (Å²) < 4.78 is 13.2. The maximum absolute atomic E-state index is 13.5. The van der Waals surface area contributed by atoms with Crippen LogP contribution in [0.4, 0.5) is 0 Å². The Kier molecular flexibility index (Phi) is 4.42. The van der Waals surface area contributed by atoms with Gasteiger partial charge in [-0.15, -0.1) is 0 Å². The number of piperidine rings is 1. The molecule has 5 heterocycles. The SMILES string of the molecule is Cc1cc(-c2cc(C(=O)N3CCC(n4ccnc4)CC3)c3c(C)noc3n2)c(C)o1. The van der Waals surface area contributed by atoms with Gasteiger partial charge in [-0.25, -0.2) is 9.97 Å². The van der Waals surface area contributed by atoms with E-state index in [1.54, 1.807) is 6.20 Å². The zero-order valence-corrected chi connectivity index (χ0v) is 17.3. The molecule has 0 radical (unpaired) electrons. The maximum atomic E-state index is 13.5. The van der Waals surface area contributed by atoms with Crippen molar-refractivity contribution in [1.82, 2.24) is 24.6 Å². The summed E-state index contributed by atoms with van der Waals surface area (Å²) in [6.07, 6.45) is 7.41. The molecule has 1 fully saturated rings. The van der Waals surface area contributed by atoms with E-state index in [4.69, 9.17) is 8.94 Å². The van der Waals surface area contributed by atoms with Gasteiger partial charge in [-0.2, -0.15) is 0 Å². The average molecular weight is 405 g/mol. The van der Waals surface area contributed by atoms with Gasteiger partial charge in [-0.3, -0.25) is 4.79 Å². The number of amides is 1. The van der Waals surface area contributed by atoms with Gasteiger partial charge >= 0.3 is 0 Å². The van der Waals surface area contributed by atoms with E-state index in [1.807, 2.05) is 50.3 Å². The Morgan fingerprint density at radius 3 is 2.63 bits per heavy atom. The molecule has 0 aliphatic carbocycles. The van der Waals surface area contributed by atoms with Crippen LogP contribution in [0.1, 0.15) is 46.5 Å². The number of furan rings is 1. The van der Waals surface area contributed by atoms with Crippen LogP contribution in [0.25, 0.3) is 22.4 Å². The summed E-state index contributed by atoms with van der Waals surface area (Å²) in [5.74, 6) is 1.54. The number of aromatic nitrogens is 4. The molecule has 0 aromatic carbocycles. The summed E-state index contributed by atoms with van der Waals surface area (Å²) in [5, 5.41) is 4.73. The third-order valence-electron chi connectivity index (χ3n) is 5.86. The van der Waals surface area contributed by atoms with Crippen molar-refractivity contribution in [2.24, 2.45) is 0 Å². The minimum Gasteiger partial charge on any atom is -0.466 e. The second-order valence-electron chi connectivity index (χ2n) is 7.86. The molecule has 1 amide bonds. The number of pyridine rings is 1. The monoisotopic (exact) mass is 405 g/mol. The molecule has 0 bridgehead atoms. The molecular weight excluding hydrogens is 382 g/mol. The molecule has 1 aliphatic rings. The summed E-state index contributed by atoms with van der Waals surface area (Å²) in [4.78, 5) is 24.2. The van der Waals surface area contributed by atoms with Gasteiger partial charge in [-0.05, 0) is 45.7 Å². The van der Waals surface area contributed by atoms with Crippen LogP contribution < -0.4 is 0 Å². The normalized spacial score (nSPS) is 15.2. The third-order valence-corrected chi connectivity index (χ3v) is 5.86. The van der Waals surface area contributed by atoms with E-state index in [0.717, 1.165) is 29.9 Å². The molecule has 154 valence electrons. The molecular formula is C22H23N5O3. The molecule has 30 heavy (non-hydrogen) atoms. The van der Waals surface area contributed by atoms with Crippen LogP contribution in [0.2, 0.25) is 0 Å². The Bertz CT molecular complexity index is 1210. The van der Waals surface area contributed by atoms with Crippen LogP contribution in [-0.4, -0.2) is 43.6 Å². The molecule has 0 saturated carbocycles. The number of hydrogen-bond acceptors (Lipinski definition) is 6. The zero-order valence-electron chi connectivity index (χ0n) is 17.3. The highest BCUT2D eigenvalue weighted by molar-refractivity contribution is 6.07. The van der Waals surface area contributed by atoms with E-state index in [9.17, 15) is 4.79 Å². The molecule has 0 N–H and O–H groups in total. The fourth-order valence-corrected chi connectivity index (χ4v) is 4.31. The van der Waals surface area contributed by atoms with E-state index in [-0.39, 0.29) is 5.91 Å². The Balaban J connectivity index is 1.49. The number of hydrogen-bond donors (Lipinski definition) is 0. The van der Waals surface area contributed by atoms with Crippen molar-refractivity contribution in [2.75, 3.05) is 13.1 Å². The van der Waals surface area contributed by atoms with Gasteiger partial charge in [0.1, 0.15) is 11.5 Å². The lowest BCUT2D eigenvalue weighted by Crippen LogP contribution is -2.39. The molecule has 4 aromatic rings. The first-order valence-corrected chi connectivity index (χ1v) is 10.1. The van der Waals surface area contributed by atoms with Crippen molar-refractivity contribution in [1.29, 1.82) is 0 Å².